The lowest BCUT2D eigenvalue weighted by molar-refractivity contribution is -0.145. The molecular weight excluding hydrogens is 528 g/mol. The number of unbranched alkanes of at least 4 members (excludes halogenated alkanes) is 8. The smallest absolute Gasteiger partial charge is 0.306 e. The molecule has 0 aliphatic carbocycles. The maximum atomic E-state index is 12.4. The molecule has 0 fully saturated rings. The van der Waals surface area contributed by atoms with Gasteiger partial charge in [0, 0.05) is 24.6 Å². The summed E-state index contributed by atoms with van der Waals surface area (Å²) in [5.74, 6) is 0.608. The van der Waals surface area contributed by atoms with E-state index in [1.54, 1.807) is 18.2 Å². The number of carbonyl (C=O) groups is 3. The van der Waals surface area contributed by atoms with Crippen LogP contribution in [-0.4, -0.2) is 27.8 Å². The van der Waals surface area contributed by atoms with Gasteiger partial charge in [0.15, 0.2) is 5.65 Å². The molecule has 0 radical (unpaired) electrons. The second-order valence-corrected chi connectivity index (χ2v) is 10.6. The third-order valence-corrected chi connectivity index (χ3v) is 6.99. The lowest BCUT2D eigenvalue weighted by Crippen LogP contribution is -2.13. The van der Waals surface area contributed by atoms with Crippen LogP contribution >= 0.6 is 0 Å². The first-order chi connectivity index (χ1) is 20.5. The highest BCUT2D eigenvalue weighted by molar-refractivity contribution is 5.92. The molecule has 224 valence electrons. The third-order valence-electron chi connectivity index (χ3n) is 6.99. The number of aromatic nitrogens is 2. The van der Waals surface area contributed by atoms with E-state index in [2.05, 4.69) is 34.1 Å². The molecule has 0 aliphatic heterocycles. The monoisotopic (exact) mass is 572 g/mol. The molecule has 2 aromatic heterocycles. The maximum Gasteiger partial charge on any atom is 0.306 e. The van der Waals surface area contributed by atoms with Crippen LogP contribution in [0.15, 0.2) is 55.1 Å². The summed E-state index contributed by atoms with van der Waals surface area (Å²) in [7, 11) is 0. The highest BCUT2D eigenvalue weighted by atomic mass is 16.5. The summed E-state index contributed by atoms with van der Waals surface area (Å²) in [5.41, 5.74) is 2.48. The lowest BCUT2D eigenvalue weighted by Gasteiger charge is -2.08. The van der Waals surface area contributed by atoms with Crippen LogP contribution < -0.4 is 10.6 Å². The van der Waals surface area contributed by atoms with Crippen LogP contribution in [0.2, 0.25) is 0 Å². The van der Waals surface area contributed by atoms with Crippen molar-refractivity contribution in [3.8, 4) is 0 Å². The SMILES string of the molecule is C=Cc1ccc(COC(=O)CCCCCCCCC(=O)Nc2ccc3ccc(NC(=O)CCCCCC)nc3n2)cc1. The molecular formula is C34H44N4O4. The highest BCUT2D eigenvalue weighted by Crippen LogP contribution is 2.18. The first-order valence-corrected chi connectivity index (χ1v) is 15.2. The molecule has 2 N–H and O–H groups in total. The van der Waals surface area contributed by atoms with Gasteiger partial charge in [-0.1, -0.05) is 88.8 Å². The fourth-order valence-electron chi connectivity index (χ4n) is 4.51. The van der Waals surface area contributed by atoms with Gasteiger partial charge in [-0.25, -0.2) is 9.97 Å². The van der Waals surface area contributed by atoms with E-state index in [0.717, 1.165) is 80.7 Å². The number of rotatable bonds is 19. The summed E-state index contributed by atoms with van der Waals surface area (Å²) in [4.78, 5) is 45.5. The summed E-state index contributed by atoms with van der Waals surface area (Å²) in [6.45, 7) is 6.17. The molecule has 0 aliphatic rings. The summed E-state index contributed by atoms with van der Waals surface area (Å²) in [6, 6.07) is 15.0. The van der Waals surface area contributed by atoms with E-state index in [-0.39, 0.29) is 17.8 Å². The van der Waals surface area contributed by atoms with Crippen molar-refractivity contribution in [1.29, 1.82) is 0 Å². The summed E-state index contributed by atoms with van der Waals surface area (Å²) in [5, 5.41) is 6.53. The van der Waals surface area contributed by atoms with E-state index in [0.29, 0.717) is 43.2 Å². The molecule has 0 saturated heterocycles. The van der Waals surface area contributed by atoms with E-state index in [1.807, 2.05) is 36.4 Å². The van der Waals surface area contributed by atoms with Gasteiger partial charge < -0.3 is 15.4 Å². The Labute approximate surface area is 249 Å². The lowest BCUT2D eigenvalue weighted by atomic mass is 10.1. The van der Waals surface area contributed by atoms with Crippen LogP contribution in [0.3, 0.4) is 0 Å². The minimum Gasteiger partial charge on any atom is -0.461 e. The van der Waals surface area contributed by atoms with Crippen molar-refractivity contribution in [2.75, 3.05) is 10.6 Å². The van der Waals surface area contributed by atoms with Crippen LogP contribution in [0.1, 0.15) is 102 Å². The Morgan fingerprint density at radius 1 is 0.714 bits per heavy atom. The fourth-order valence-corrected chi connectivity index (χ4v) is 4.51. The van der Waals surface area contributed by atoms with Crippen molar-refractivity contribution < 1.29 is 19.1 Å². The van der Waals surface area contributed by atoms with Crippen molar-refractivity contribution >= 4 is 46.5 Å². The topological polar surface area (TPSA) is 110 Å². The Hall–Kier alpha value is -4.07. The number of fused-ring (bicyclic) bond motifs is 1. The van der Waals surface area contributed by atoms with Crippen molar-refractivity contribution in [3.05, 3.63) is 66.2 Å². The van der Waals surface area contributed by atoms with Gasteiger partial charge in [0.1, 0.15) is 18.2 Å². The number of benzene rings is 1. The van der Waals surface area contributed by atoms with Gasteiger partial charge >= 0.3 is 5.97 Å². The third kappa shape index (κ3) is 12.2. The fraction of sp³-hybridized carbons (Fsp3) is 0.441. The molecule has 8 nitrogen and oxygen atoms in total. The van der Waals surface area contributed by atoms with Crippen molar-refractivity contribution in [2.45, 2.75) is 97.0 Å². The molecule has 3 aromatic rings. The predicted octanol–water partition coefficient (Wildman–Crippen LogP) is 7.98. The van der Waals surface area contributed by atoms with Gasteiger partial charge in [-0.2, -0.15) is 0 Å². The van der Waals surface area contributed by atoms with E-state index < -0.39 is 0 Å². The van der Waals surface area contributed by atoms with Crippen molar-refractivity contribution in [3.63, 3.8) is 0 Å². The van der Waals surface area contributed by atoms with Crippen LogP contribution in [0.4, 0.5) is 11.6 Å². The highest BCUT2D eigenvalue weighted by Gasteiger charge is 2.08. The number of hydrogen-bond donors (Lipinski definition) is 2. The molecule has 42 heavy (non-hydrogen) atoms. The van der Waals surface area contributed by atoms with Crippen LogP contribution in [0.5, 0.6) is 0 Å². The average molecular weight is 573 g/mol. The van der Waals surface area contributed by atoms with Gasteiger partial charge in [-0.05, 0) is 54.7 Å². The van der Waals surface area contributed by atoms with E-state index in [9.17, 15) is 14.4 Å². The minimum atomic E-state index is -0.171. The van der Waals surface area contributed by atoms with Crippen LogP contribution in [0, 0.1) is 0 Å². The molecule has 1 aromatic carbocycles. The number of pyridine rings is 2. The predicted molar refractivity (Wildman–Crippen MR) is 169 cm³/mol. The zero-order valence-corrected chi connectivity index (χ0v) is 24.8. The summed E-state index contributed by atoms with van der Waals surface area (Å²) >= 11 is 0. The number of anilines is 2. The first kappa shape index (κ1) is 32.4. The number of esters is 1. The van der Waals surface area contributed by atoms with E-state index >= 15 is 0 Å². The van der Waals surface area contributed by atoms with Crippen LogP contribution in [0.25, 0.3) is 17.1 Å². The molecule has 0 spiro atoms. The zero-order chi connectivity index (χ0) is 30.0. The Morgan fingerprint density at radius 2 is 1.24 bits per heavy atom. The molecule has 0 unspecified atom stereocenters. The number of hydrogen-bond acceptors (Lipinski definition) is 6. The Morgan fingerprint density at radius 3 is 1.79 bits per heavy atom. The van der Waals surface area contributed by atoms with Crippen LogP contribution in [-0.2, 0) is 25.7 Å². The second-order valence-electron chi connectivity index (χ2n) is 10.6. The van der Waals surface area contributed by atoms with Gasteiger partial charge in [0.2, 0.25) is 11.8 Å². The Kier molecular flexibility index (Phi) is 14.2. The van der Waals surface area contributed by atoms with E-state index in [1.165, 1.54) is 0 Å². The van der Waals surface area contributed by atoms with Gasteiger partial charge in [-0.15, -0.1) is 0 Å². The molecule has 2 heterocycles. The molecule has 0 atom stereocenters. The maximum absolute atomic E-state index is 12.4. The standard InChI is InChI=1S/C34H44N4O4/c1-3-5-6-11-14-31(39)35-29-23-21-28-22-24-30(38-34(28)37-29)36-32(40)15-12-9-7-8-10-13-16-33(41)42-25-27-19-17-26(4-2)18-20-27/h4,17-24H,2-3,5-16,25H2,1H3,(H2,35,36,37,38,39,40). The normalized spacial score (nSPS) is 10.8. The number of carbonyl (C=O) groups excluding carboxylic acids is 3. The quantitative estimate of drug-likeness (QED) is 0.111. The number of nitrogens with one attached hydrogen (secondary N) is 2. The largest absolute Gasteiger partial charge is 0.461 e. The first-order valence-electron chi connectivity index (χ1n) is 15.2. The molecule has 3 rings (SSSR count). The number of nitrogens with zero attached hydrogens (tertiary/aromatic N) is 2. The summed E-state index contributed by atoms with van der Waals surface area (Å²) < 4.78 is 5.35. The summed E-state index contributed by atoms with van der Waals surface area (Å²) in [6.07, 6.45) is 12.8. The average Bonchev–Trinajstić information content (AvgIpc) is 2.99. The van der Waals surface area contributed by atoms with Crippen molar-refractivity contribution in [1.82, 2.24) is 9.97 Å². The number of ether oxygens (including phenoxy) is 1. The Balaban J connectivity index is 1.27. The zero-order valence-electron chi connectivity index (χ0n) is 24.8. The second kappa shape index (κ2) is 18.4. The molecule has 0 saturated carbocycles. The molecule has 0 bridgehead atoms. The molecule has 2 amide bonds. The Bertz CT molecular complexity index is 1310. The van der Waals surface area contributed by atoms with Gasteiger partial charge in [-0.3, -0.25) is 14.4 Å². The van der Waals surface area contributed by atoms with E-state index in [4.69, 9.17) is 4.74 Å². The van der Waals surface area contributed by atoms with Crippen molar-refractivity contribution in [2.24, 2.45) is 0 Å². The molecule has 8 heteroatoms. The van der Waals surface area contributed by atoms with Gasteiger partial charge in [0.25, 0.3) is 0 Å². The van der Waals surface area contributed by atoms with Gasteiger partial charge in [0.05, 0.1) is 0 Å². The number of amides is 2. The minimum absolute atomic E-state index is 0.0494.